The number of aromatic nitrogens is 3. The summed E-state index contributed by atoms with van der Waals surface area (Å²) in [6.45, 7) is 6.22. The fourth-order valence-electron chi connectivity index (χ4n) is 5.63. The molecule has 1 N–H and O–H groups in total. The summed E-state index contributed by atoms with van der Waals surface area (Å²) in [6, 6.07) is 13.0. The van der Waals surface area contributed by atoms with Crippen LogP contribution in [0.4, 0.5) is 19.0 Å². The second-order valence-electron chi connectivity index (χ2n) is 12.4. The number of halogens is 3. The number of rotatable bonds is 10. The summed E-state index contributed by atoms with van der Waals surface area (Å²) < 4.78 is 74.6. The highest BCUT2D eigenvalue weighted by atomic mass is 32.2. The molecule has 0 bridgehead atoms. The van der Waals surface area contributed by atoms with Crippen LogP contribution < -0.4 is 9.62 Å². The Bertz CT molecular complexity index is 1610. The first-order valence-corrected chi connectivity index (χ1v) is 16.0. The molecule has 9 nitrogen and oxygen atoms in total. The zero-order valence-electron chi connectivity index (χ0n) is 24.1. The molecule has 1 atom stereocenters. The molecule has 3 aromatic rings. The van der Waals surface area contributed by atoms with Crippen molar-refractivity contribution >= 4 is 32.0 Å². The quantitative estimate of drug-likeness (QED) is 0.319. The maximum Gasteiger partial charge on any atom is 0.396 e. The zero-order valence-corrected chi connectivity index (χ0v) is 25.9. The molecule has 5 rings (SSSR count). The van der Waals surface area contributed by atoms with Gasteiger partial charge in [0.2, 0.25) is 0 Å². The van der Waals surface area contributed by atoms with Crippen molar-refractivity contribution in [1.82, 2.24) is 19.5 Å². The number of amides is 1. The lowest BCUT2D eigenvalue weighted by Gasteiger charge is -2.34. The summed E-state index contributed by atoms with van der Waals surface area (Å²) in [7, 11) is -0.483. The molecule has 3 heterocycles. The number of carbonyl (C=O) groups is 1. The molecule has 14 heteroatoms. The number of nitrogens with zero attached hydrogens (tertiary/aromatic N) is 4. The number of hydrogen-bond donors (Lipinski definition) is 1. The molecule has 1 amide bonds. The molecule has 1 aliphatic carbocycles. The highest BCUT2D eigenvalue weighted by Crippen LogP contribution is 2.57. The van der Waals surface area contributed by atoms with Crippen LogP contribution in [0.15, 0.2) is 59.6 Å². The Balaban J connectivity index is 1.43. The normalized spacial score (nSPS) is 21.1. The number of ether oxygens (including phenoxy) is 1. The minimum atomic E-state index is -4.30. The summed E-state index contributed by atoms with van der Waals surface area (Å²) in [5, 5.41) is 4.43. The van der Waals surface area contributed by atoms with Gasteiger partial charge in [-0.2, -0.15) is 18.3 Å². The molecule has 43 heavy (non-hydrogen) atoms. The molecule has 3 radical (unpaired) electrons. The molecule has 2 fully saturated rings. The van der Waals surface area contributed by atoms with Crippen LogP contribution in [0, 0.1) is 10.8 Å². The second kappa shape index (κ2) is 11.0. The minimum absolute atomic E-state index is 0.0447. The molecule has 1 aromatic carbocycles. The summed E-state index contributed by atoms with van der Waals surface area (Å²) in [4.78, 5) is 20.2. The number of pyridine rings is 1. The number of anilines is 1. The van der Waals surface area contributed by atoms with E-state index in [0.717, 1.165) is 6.42 Å². The van der Waals surface area contributed by atoms with Gasteiger partial charge >= 0.3 is 6.18 Å². The highest BCUT2D eigenvalue weighted by molar-refractivity contribution is 7.90. The Hall–Kier alpha value is -3.23. The van der Waals surface area contributed by atoms with Gasteiger partial charge in [0.1, 0.15) is 5.82 Å². The first-order valence-electron chi connectivity index (χ1n) is 13.8. The predicted molar refractivity (Wildman–Crippen MR) is 155 cm³/mol. The van der Waals surface area contributed by atoms with Gasteiger partial charge in [0.15, 0.2) is 5.82 Å². The van der Waals surface area contributed by atoms with Crippen molar-refractivity contribution in [3.05, 3.63) is 66.0 Å². The number of hydrogen-bond acceptors (Lipinski definition) is 7. The predicted octanol–water partition coefficient (Wildman–Crippen LogP) is 4.83. The molecule has 0 spiro atoms. The maximum absolute atomic E-state index is 13.5. The van der Waals surface area contributed by atoms with Crippen molar-refractivity contribution < 1.29 is 31.1 Å². The van der Waals surface area contributed by atoms with E-state index in [1.165, 1.54) is 22.9 Å². The monoisotopic (exact) mass is 632 g/mol. The van der Waals surface area contributed by atoms with Gasteiger partial charge in [-0.25, -0.2) is 22.8 Å². The molecule has 1 saturated heterocycles. The third-order valence-corrected chi connectivity index (χ3v) is 10.4. The van der Waals surface area contributed by atoms with E-state index in [2.05, 4.69) is 27.0 Å². The van der Waals surface area contributed by atoms with Crippen LogP contribution in [0.25, 0.3) is 5.82 Å². The van der Waals surface area contributed by atoms with Crippen LogP contribution in [0.5, 0.6) is 0 Å². The van der Waals surface area contributed by atoms with Crippen molar-refractivity contribution in [2.24, 2.45) is 10.8 Å². The van der Waals surface area contributed by atoms with Crippen molar-refractivity contribution in [1.29, 1.82) is 0 Å². The molecule has 1 aliphatic heterocycles. The van der Waals surface area contributed by atoms with Gasteiger partial charge < -0.3 is 9.64 Å². The lowest BCUT2D eigenvalue weighted by Crippen LogP contribution is -2.41. The lowest BCUT2D eigenvalue weighted by atomic mass is 9.85. The van der Waals surface area contributed by atoms with Gasteiger partial charge in [-0.05, 0) is 68.9 Å². The van der Waals surface area contributed by atoms with E-state index in [0.29, 0.717) is 29.9 Å². The minimum Gasteiger partial charge on any atom is -0.374 e. The fourth-order valence-corrected chi connectivity index (χ4v) is 6.86. The van der Waals surface area contributed by atoms with Crippen LogP contribution in [-0.4, -0.2) is 64.2 Å². The van der Waals surface area contributed by atoms with Crippen LogP contribution in [0.1, 0.15) is 56.1 Å². The first-order chi connectivity index (χ1) is 20.1. The van der Waals surface area contributed by atoms with E-state index in [-0.39, 0.29) is 35.3 Å². The van der Waals surface area contributed by atoms with Crippen LogP contribution in [0.2, 0.25) is 6.04 Å². The molecule has 1 unspecified atom stereocenters. The van der Waals surface area contributed by atoms with Crippen molar-refractivity contribution in [3.63, 3.8) is 0 Å². The Morgan fingerprint density at radius 2 is 1.79 bits per heavy atom. The molecule has 1 saturated carbocycles. The average Bonchev–Trinajstić information content (AvgIpc) is 3.52. The summed E-state index contributed by atoms with van der Waals surface area (Å²) in [6.07, 6.45) is -1.79. The fraction of sp³-hybridized carbons (Fsp3) is 0.483. The largest absolute Gasteiger partial charge is 0.396 e. The van der Waals surface area contributed by atoms with E-state index < -0.39 is 39.7 Å². The van der Waals surface area contributed by atoms with E-state index in [4.69, 9.17) is 9.72 Å². The van der Waals surface area contributed by atoms with Crippen molar-refractivity contribution in [2.75, 3.05) is 18.1 Å². The van der Waals surface area contributed by atoms with Gasteiger partial charge in [0, 0.05) is 28.5 Å². The van der Waals surface area contributed by atoms with Crippen LogP contribution >= 0.6 is 0 Å². The standard InChI is InChI=1S/C29H33F3N5O4SSi/c1-26(2)16-27(3,19-43)17-36(26)24-22(25(38)35-42(39,40)21-7-5-4-6-8-21)9-10-23(33-24)37-14-11-20(34-37)15-41-18-28(12-13-28)29(30,31)32/h4-11,14H,12-13,15-19H2,1-3H3,(H,35,38). The molecule has 2 aromatic heterocycles. The molecule has 229 valence electrons. The van der Waals surface area contributed by atoms with Crippen molar-refractivity contribution in [2.45, 2.75) is 69.3 Å². The van der Waals surface area contributed by atoms with Crippen molar-refractivity contribution in [3.8, 4) is 5.82 Å². The lowest BCUT2D eigenvalue weighted by molar-refractivity contribution is -0.202. The SMILES string of the molecule is CC1(C[Si])CN(c2nc(-n3ccc(COCC4(C(F)(F)F)CC4)n3)ccc2C(=O)NS(=O)(=O)c2ccccc2)C(C)(C)C1. The topological polar surface area (TPSA) is 106 Å². The van der Waals surface area contributed by atoms with E-state index in [9.17, 15) is 26.4 Å². The molecular formula is C29H33F3N5O4SSi. The number of alkyl halides is 3. The Kier molecular flexibility index (Phi) is 8.01. The average molecular weight is 633 g/mol. The highest BCUT2D eigenvalue weighted by Gasteiger charge is 2.63. The van der Waals surface area contributed by atoms with Gasteiger partial charge in [0.25, 0.3) is 15.9 Å². The van der Waals surface area contributed by atoms with Gasteiger partial charge in [0.05, 0.1) is 34.8 Å². The molecule has 2 aliphatic rings. The number of carbonyl (C=O) groups excluding carboxylic acids is 1. The summed E-state index contributed by atoms with van der Waals surface area (Å²) in [5.41, 5.74) is -1.84. The Labute approximate surface area is 252 Å². The number of nitrogens with one attached hydrogen (secondary N) is 1. The zero-order chi connectivity index (χ0) is 31.3. The Morgan fingerprint density at radius 3 is 2.40 bits per heavy atom. The summed E-state index contributed by atoms with van der Waals surface area (Å²) in [5.74, 6) is -0.185. The van der Waals surface area contributed by atoms with Crippen LogP contribution in [0.3, 0.4) is 0 Å². The van der Waals surface area contributed by atoms with Gasteiger partial charge in [-0.3, -0.25) is 4.79 Å². The third kappa shape index (κ3) is 6.36. The maximum atomic E-state index is 13.5. The van der Waals surface area contributed by atoms with Gasteiger partial charge in [-0.15, -0.1) is 0 Å². The van der Waals surface area contributed by atoms with E-state index in [1.54, 1.807) is 36.5 Å². The smallest absolute Gasteiger partial charge is 0.374 e. The Morgan fingerprint density at radius 1 is 1.09 bits per heavy atom. The van der Waals surface area contributed by atoms with Gasteiger partial charge in [-0.1, -0.05) is 31.2 Å². The number of benzene rings is 1. The first kappa shape index (κ1) is 31.2. The van der Waals surface area contributed by atoms with E-state index >= 15 is 0 Å². The second-order valence-corrected chi connectivity index (χ2v) is 14.4. The molecular weight excluding hydrogens is 599 g/mol. The summed E-state index contributed by atoms with van der Waals surface area (Å²) >= 11 is 0. The van der Waals surface area contributed by atoms with E-state index in [1.807, 2.05) is 18.7 Å². The number of sulfonamides is 1. The van der Waals surface area contributed by atoms with Crippen LogP contribution in [-0.2, 0) is 21.4 Å². The third-order valence-electron chi connectivity index (χ3n) is 8.16.